The number of carbonyl (C=O) groups excluding carboxylic acids is 1. The summed E-state index contributed by atoms with van der Waals surface area (Å²) in [7, 11) is 0. The molecule has 0 radical (unpaired) electrons. The maximum atomic E-state index is 12.4. The highest BCUT2D eigenvalue weighted by atomic mass is 32.2. The molecule has 2 aromatic rings. The third-order valence-corrected chi connectivity index (χ3v) is 5.31. The molecule has 2 heterocycles. The molecule has 1 unspecified atom stereocenters. The van der Waals surface area contributed by atoms with E-state index >= 15 is 0 Å². The van der Waals surface area contributed by atoms with Crippen molar-refractivity contribution in [1.29, 1.82) is 0 Å². The molecular formula is C20H27N3O3S. The van der Waals surface area contributed by atoms with Crippen molar-refractivity contribution in [2.45, 2.75) is 70.1 Å². The second-order valence-corrected chi connectivity index (χ2v) is 8.88. The molecule has 7 heteroatoms. The van der Waals surface area contributed by atoms with Gasteiger partial charge in [-0.1, -0.05) is 35.5 Å². The molecule has 1 aromatic heterocycles. The van der Waals surface area contributed by atoms with Gasteiger partial charge in [0.1, 0.15) is 11.6 Å². The Morgan fingerprint density at radius 2 is 2.11 bits per heavy atom. The average Bonchev–Trinajstić information content (AvgIpc) is 3.22. The van der Waals surface area contributed by atoms with E-state index in [1.54, 1.807) is 4.90 Å². The first-order valence-electron chi connectivity index (χ1n) is 9.25. The second-order valence-electron chi connectivity index (χ2n) is 7.96. The number of thioether (sulfide) groups is 1. The lowest BCUT2D eigenvalue weighted by atomic mass is 10.1. The molecule has 1 amide bonds. The molecule has 6 nitrogen and oxygen atoms in total. The molecule has 1 aromatic carbocycles. The second kappa shape index (κ2) is 7.92. The van der Waals surface area contributed by atoms with Crippen molar-refractivity contribution in [2.75, 3.05) is 6.54 Å². The van der Waals surface area contributed by atoms with Gasteiger partial charge >= 0.3 is 6.09 Å². The van der Waals surface area contributed by atoms with Gasteiger partial charge in [-0.05, 0) is 58.6 Å². The van der Waals surface area contributed by atoms with E-state index in [2.05, 4.69) is 42.2 Å². The molecule has 3 rings (SSSR count). The summed E-state index contributed by atoms with van der Waals surface area (Å²) in [6, 6.07) is 6.21. The third kappa shape index (κ3) is 5.03. The lowest BCUT2D eigenvalue weighted by molar-refractivity contribution is 0.0201. The summed E-state index contributed by atoms with van der Waals surface area (Å²) >= 11 is 1.52. The van der Waals surface area contributed by atoms with E-state index in [1.807, 2.05) is 20.8 Å². The van der Waals surface area contributed by atoms with Gasteiger partial charge in [0, 0.05) is 12.3 Å². The highest BCUT2D eigenvalue weighted by Crippen LogP contribution is 2.34. The number of nitrogens with zero attached hydrogens (tertiary/aromatic N) is 3. The van der Waals surface area contributed by atoms with Crippen LogP contribution < -0.4 is 0 Å². The molecule has 0 bridgehead atoms. The van der Waals surface area contributed by atoms with Crippen molar-refractivity contribution in [2.24, 2.45) is 0 Å². The van der Waals surface area contributed by atoms with E-state index in [-0.39, 0.29) is 12.1 Å². The minimum atomic E-state index is -0.522. The molecular weight excluding hydrogens is 362 g/mol. The average molecular weight is 390 g/mol. The van der Waals surface area contributed by atoms with Gasteiger partial charge in [0.25, 0.3) is 5.22 Å². The number of amides is 1. The van der Waals surface area contributed by atoms with Gasteiger partial charge in [-0.15, -0.1) is 10.2 Å². The van der Waals surface area contributed by atoms with Crippen LogP contribution in [0.3, 0.4) is 0 Å². The zero-order valence-corrected chi connectivity index (χ0v) is 17.4. The molecule has 1 atom stereocenters. The van der Waals surface area contributed by atoms with Crippen molar-refractivity contribution in [3.8, 4) is 0 Å². The van der Waals surface area contributed by atoms with Crippen molar-refractivity contribution in [1.82, 2.24) is 15.1 Å². The normalized spacial score (nSPS) is 17.4. The fourth-order valence-electron chi connectivity index (χ4n) is 3.07. The molecule has 0 aliphatic carbocycles. The van der Waals surface area contributed by atoms with Crippen LogP contribution in [0.4, 0.5) is 4.79 Å². The summed E-state index contributed by atoms with van der Waals surface area (Å²) in [6.45, 7) is 10.4. The highest BCUT2D eigenvalue weighted by Gasteiger charge is 2.36. The van der Waals surface area contributed by atoms with Crippen LogP contribution in [0.15, 0.2) is 27.8 Å². The number of aromatic nitrogens is 2. The molecule has 27 heavy (non-hydrogen) atoms. The van der Waals surface area contributed by atoms with Crippen LogP contribution in [0, 0.1) is 13.8 Å². The number of aryl methyl sites for hydroxylation is 2. The van der Waals surface area contributed by atoms with Crippen LogP contribution >= 0.6 is 11.8 Å². The maximum absolute atomic E-state index is 12.4. The van der Waals surface area contributed by atoms with Crippen molar-refractivity contribution >= 4 is 17.9 Å². The van der Waals surface area contributed by atoms with Crippen LogP contribution in [0.1, 0.15) is 62.2 Å². The predicted molar refractivity (Wildman–Crippen MR) is 105 cm³/mol. The van der Waals surface area contributed by atoms with Crippen molar-refractivity contribution in [3.05, 3.63) is 40.8 Å². The summed E-state index contributed by atoms with van der Waals surface area (Å²) in [5.74, 6) is 1.26. The zero-order valence-electron chi connectivity index (χ0n) is 16.6. The largest absolute Gasteiger partial charge is 0.444 e. The molecule has 1 fully saturated rings. The Bertz CT molecular complexity index is 813. The molecule has 0 spiro atoms. The quantitative estimate of drug-likeness (QED) is 0.682. The fourth-order valence-corrected chi connectivity index (χ4v) is 3.90. The SMILES string of the molecule is Cc1ccc(C)c(CSc2nnc(C3CCCN3C(=O)OC(C)(C)C)o2)c1. The molecule has 146 valence electrons. The topological polar surface area (TPSA) is 68.5 Å². The van der Waals surface area contributed by atoms with E-state index in [1.165, 1.54) is 28.5 Å². The smallest absolute Gasteiger partial charge is 0.410 e. The third-order valence-electron chi connectivity index (χ3n) is 4.44. The first-order valence-corrected chi connectivity index (χ1v) is 10.2. The Hall–Kier alpha value is -2.02. The van der Waals surface area contributed by atoms with E-state index in [9.17, 15) is 4.79 Å². The summed E-state index contributed by atoms with van der Waals surface area (Å²) in [5.41, 5.74) is 3.23. The van der Waals surface area contributed by atoms with Crippen LogP contribution in [0.25, 0.3) is 0 Å². The van der Waals surface area contributed by atoms with E-state index in [0.717, 1.165) is 18.6 Å². The number of carbonyl (C=O) groups is 1. The number of likely N-dealkylation sites (tertiary alicyclic amines) is 1. The van der Waals surface area contributed by atoms with Gasteiger partial charge in [-0.25, -0.2) is 4.79 Å². The van der Waals surface area contributed by atoms with Crippen LogP contribution in [0.5, 0.6) is 0 Å². The summed E-state index contributed by atoms with van der Waals surface area (Å²) < 4.78 is 11.4. The number of benzene rings is 1. The van der Waals surface area contributed by atoms with Gasteiger partial charge < -0.3 is 9.15 Å². The standard InChI is InChI=1S/C20H27N3O3S/c1-13-8-9-14(2)15(11-13)12-27-18-22-21-17(25-18)16-7-6-10-23(16)19(24)26-20(3,4)5/h8-9,11,16H,6-7,10,12H2,1-5H3. The Labute approximate surface area is 164 Å². The van der Waals surface area contributed by atoms with Crippen LogP contribution in [0.2, 0.25) is 0 Å². The number of ether oxygens (including phenoxy) is 1. The van der Waals surface area contributed by atoms with E-state index in [0.29, 0.717) is 17.7 Å². The Balaban J connectivity index is 1.66. The Kier molecular flexibility index (Phi) is 5.79. The van der Waals surface area contributed by atoms with E-state index < -0.39 is 5.60 Å². The first-order chi connectivity index (χ1) is 12.7. The van der Waals surface area contributed by atoms with E-state index in [4.69, 9.17) is 9.15 Å². The monoisotopic (exact) mass is 389 g/mol. The number of rotatable bonds is 4. The van der Waals surface area contributed by atoms with Crippen LogP contribution in [-0.2, 0) is 10.5 Å². The Morgan fingerprint density at radius 3 is 2.85 bits per heavy atom. The minimum absolute atomic E-state index is 0.206. The van der Waals surface area contributed by atoms with Crippen molar-refractivity contribution in [3.63, 3.8) is 0 Å². The number of hydrogen-bond acceptors (Lipinski definition) is 6. The maximum Gasteiger partial charge on any atom is 0.410 e. The summed E-state index contributed by atoms with van der Waals surface area (Å²) in [5, 5.41) is 8.89. The number of hydrogen-bond donors (Lipinski definition) is 0. The van der Waals surface area contributed by atoms with Gasteiger partial charge in [0.05, 0.1) is 0 Å². The van der Waals surface area contributed by atoms with Crippen LogP contribution in [-0.4, -0.2) is 33.3 Å². The zero-order chi connectivity index (χ0) is 19.6. The lowest BCUT2D eigenvalue weighted by Gasteiger charge is -2.27. The first kappa shape index (κ1) is 19.7. The van der Waals surface area contributed by atoms with Gasteiger partial charge in [-0.3, -0.25) is 4.90 Å². The molecule has 1 aliphatic heterocycles. The highest BCUT2D eigenvalue weighted by molar-refractivity contribution is 7.98. The van der Waals surface area contributed by atoms with Gasteiger partial charge in [0.2, 0.25) is 5.89 Å². The minimum Gasteiger partial charge on any atom is -0.444 e. The summed E-state index contributed by atoms with van der Waals surface area (Å²) in [4.78, 5) is 14.1. The van der Waals surface area contributed by atoms with Gasteiger partial charge in [-0.2, -0.15) is 0 Å². The lowest BCUT2D eigenvalue weighted by Crippen LogP contribution is -2.36. The molecule has 0 saturated carbocycles. The van der Waals surface area contributed by atoms with Crippen molar-refractivity contribution < 1.29 is 13.9 Å². The molecule has 1 aliphatic rings. The fraction of sp³-hybridized carbons (Fsp3) is 0.550. The summed E-state index contributed by atoms with van der Waals surface area (Å²) in [6.07, 6.45) is 1.38. The molecule has 0 N–H and O–H groups in total. The van der Waals surface area contributed by atoms with Gasteiger partial charge in [0.15, 0.2) is 0 Å². The Morgan fingerprint density at radius 1 is 1.33 bits per heavy atom. The predicted octanol–water partition coefficient (Wildman–Crippen LogP) is 5.05. The molecule has 1 saturated heterocycles.